The van der Waals surface area contributed by atoms with Crippen molar-refractivity contribution in [3.8, 4) is 12.1 Å². The largest absolute Gasteiger partial charge is 0.460 e. The van der Waals surface area contributed by atoms with Crippen molar-refractivity contribution in [3.05, 3.63) is 18.0 Å². The molecule has 0 aromatic carbocycles. The van der Waals surface area contributed by atoms with Crippen molar-refractivity contribution in [1.29, 1.82) is 5.26 Å². The Bertz CT molecular complexity index is 464. The summed E-state index contributed by atoms with van der Waals surface area (Å²) in [5.41, 5.74) is 0.651. The highest BCUT2D eigenvalue weighted by Gasteiger charge is 2.33. The molecule has 0 aliphatic heterocycles. The lowest BCUT2D eigenvalue weighted by molar-refractivity contribution is 0.0499. The van der Waals surface area contributed by atoms with E-state index < -0.39 is 0 Å². The van der Waals surface area contributed by atoms with Crippen LogP contribution in [0.3, 0.4) is 0 Å². The Morgan fingerprint density at radius 1 is 1.44 bits per heavy atom. The van der Waals surface area contributed by atoms with Crippen molar-refractivity contribution >= 4 is 0 Å². The molecule has 96 valence electrons. The molecule has 0 saturated heterocycles. The number of nitrogens with zero attached hydrogens (tertiary/aromatic N) is 3. The summed E-state index contributed by atoms with van der Waals surface area (Å²) < 4.78 is 5.83. The van der Waals surface area contributed by atoms with E-state index in [0.717, 1.165) is 12.8 Å². The molecule has 2 unspecified atom stereocenters. The zero-order chi connectivity index (χ0) is 13.2. The predicted molar refractivity (Wildman–Crippen MR) is 68.0 cm³/mol. The molecule has 1 fully saturated rings. The third kappa shape index (κ3) is 3.19. The average molecular weight is 245 g/mol. The van der Waals surface area contributed by atoms with Gasteiger partial charge in [0.05, 0.1) is 0 Å². The van der Waals surface area contributed by atoms with Crippen molar-refractivity contribution in [2.24, 2.45) is 11.3 Å². The molecule has 2 rings (SSSR count). The Morgan fingerprint density at radius 2 is 2.22 bits per heavy atom. The van der Waals surface area contributed by atoms with Crippen LogP contribution in [0.1, 0.15) is 45.7 Å². The van der Waals surface area contributed by atoms with Gasteiger partial charge in [0.2, 0.25) is 0 Å². The zero-order valence-corrected chi connectivity index (χ0v) is 11.2. The quantitative estimate of drug-likeness (QED) is 0.803. The van der Waals surface area contributed by atoms with Gasteiger partial charge in [-0.2, -0.15) is 10.2 Å². The van der Waals surface area contributed by atoms with Gasteiger partial charge in [0, 0.05) is 6.20 Å². The summed E-state index contributed by atoms with van der Waals surface area (Å²) in [5, 5.41) is 8.80. The second-order valence-corrected chi connectivity index (χ2v) is 5.99. The summed E-state index contributed by atoms with van der Waals surface area (Å²) in [4.78, 5) is 8.13. The van der Waals surface area contributed by atoms with Crippen molar-refractivity contribution in [2.45, 2.75) is 46.1 Å². The minimum Gasteiger partial charge on any atom is -0.460 e. The fraction of sp³-hybridized carbons (Fsp3) is 0.643. The van der Waals surface area contributed by atoms with E-state index in [2.05, 4.69) is 30.7 Å². The van der Waals surface area contributed by atoms with E-state index >= 15 is 0 Å². The molecule has 1 aliphatic rings. The van der Waals surface area contributed by atoms with Gasteiger partial charge in [0.25, 0.3) is 0 Å². The van der Waals surface area contributed by atoms with Crippen molar-refractivity contribution in [3.63, 3.8) is 0 Å². The summed E-state index contributed by atoms with van der Waals surface area (Å²) in [6.45, 7) is 6.79. The van der Waals surface area contributed by atoms with Crippen LogP contribution >= 0.6 is 0 Å². The van der Waals surface area contributed by atoms with Crippen LogP contribution in [0.2, 0.25) is 0 Å². The van der Waals surface area contributed by atoms with E-state index in [9.17, 15) is 0 Å². The standard InChI is InChI=1S/C14H19N3O/c1-10-6-12(8-14(2,3)7-10)18-13-16-5-4-11(9-15)17-13/h4-5,10,12H,6-8H2,1-3H3. The first-order valence-electron chi connectivity index (χ1n) is 6.38. The second kappa shape index (κ2) is 4.93. The van der Waals surface area contributed by atoms with E-state index in [-0.39, 0.29) is 6.10 Å². The number of aromatic nitrogens is 2. The maximum atomic E-state index is 8.80. The third-order valence-electron chi connectivity index (χ3n) is 3.37. The van der Waals surface area contributed by atoms with Crippen LogP contribution < -0.4 is 4.74 Å². The lowest BCUT2D eigenvalue weighted by Crippen LogP contribution is -2.34. The summed E-state index contributed by atoms with van der Waals surface area (Å²) in [5.74, 6) is 0.651. The molecule has 0 N–H and O–H groups in total. The Kier molecular flexibility index (Phi) is 3.51. The average Bonchev–Trinajstić information content (AvgIpc) is 2.26. The molecule has 1 saturated carbocycles. The molecule has 0 radical (unpaired) electrons. The van der Waals surface area contributed by atoms with E-state index in [0.29, 0.717) is 23.0 Å². The van der Waals surface area contributed by atoms with Gasteiger partial charge >= 0.3 is 6.01 Å². The number of hydrogen-bond donors (Lipinski definition) is 0. The number of hydrogen-bond acceptors (Lipinski definition) is 4. The predicted octanol–water partition coefficient (Wildman–Crippen LogP) is 2.94. The van der Waals surface area contributed by atoms with E-state index in [1.165, 1.54) is 6.42 Å². The van der Waals surface area contributed by atoms with E-state index in [1.54, 1.807) is 12.3 Å². The van der Waals surface area contributed by atoms with Crippen LogP contribution in [0.4, 0.5) is 0 Å². The first kappa shape index (κ1) is 12.8. The van der Waals surface area contributed by atoms with Crippen LogP contribution in [0, 0.1) is 22.7 Å². The van der Waals surface area contributed by atoms with Gasteiger partial charge in [-0.05, 0) is 36.7 Å². The Hall–Kier alpha value is -1.63. The molecule has 4 heteroatoms. The fourth-order valence-corrected chi connectivity index (χ4v) is 2.96. The Labute approximate surface area is 108 Å². The first-order chi connectivity index (χ1) is 8.48. The third-order valence-corrected chi connectivity index (χ3v) is 3.37. The van der Waals surface area contributed by atoms with Crippen molar-refractivity contribution in [2.75, 3.05) is 0 Å². The molecule has 1 aromatic heterocycles. The highest BCUT2D eigenvalue weighted by Crippen LogP contribution is 2.39. The van der Waals surface area contributed by atoms with Gasteiger partial charge in [0.1, 0.15) is 17.9 Å². The Morgan fingerprint density at radius 3 is 2.89 bits per heavy atom. The minimum atomic E-state index is 0.151. The molecule has 0 bridgehead atoms. The fourth-order valence-electron chi connectivity index (χ4n) is 2.96. The van der Waals surface area contributed by atoms with Crippen molar-refractivity contribution < 1.29 is 4.74 Å². The SMILES string of the molecule is CC1CC(Oc2nccc(C#N)n2)CC(C)(C)C1. The van der Waals surface area contributed by atoms with Crippen LogP contribution in [-0.4, -0.2) is 16.1 Å². The molecule has 2 atom stereocenters. The molecular weight excluding hydrogens is 226 g/mol. The van der Waals surface area contributed by atoms with Crippen LogP contribution in [0.25, 0.3) is 0 Å². The summed E-state index contributed by atoms with van der Waals surface area (Å²) in [6, 6.07) is 3.91. The van der Waals surface area contributed by atoms with Crippen LogP contribution in [0.5, 0.6) is 6.01 Å². The highest BCUT2D eigenvalue weighted by atomic mass is 16.5. The number of ether oxygens (including phenoxy) is 1. The van der Waals surface area contributed by atoms with E-state index in [4.69, 9.17) is 10.00 Å². The molecule has 18 heavy (non-hydrogen) atoms. The van der Waals surface area contributed by atoms with Crippen molar-refractivity contribution in [1.82, 2.24) is 9.97 Å². The van der Waals surface area contributed by atoms with Gasteiger partial charge in [0.15, 0.2) is 0 Å². The van der Waals surface area contributed by atoms with Gasteiger partial charge in [-0.3, -0.25) is 0 Å². The van der Waals surface area contributed by atoms with E-state index in [1.807, 2.05) is 6.07 Å². The minimum absolute atomic E-state index is 0.151. The molecule has 4 nitrogen and oxygen atoms in total. The molecule has 1 aromatic rings. The number of nitriles is 1. The molecule has 1 heterocycles. The highest BCUT2D eigenvalue weighted by molar-refractivity contribution is 5.19. The topological polar surface area (TPSA) is 58.8 Å². The monoisotopic (exact) mass is 245 g/mol. The first-order valence-corrected chi connectivity index (χ1v) is 6.38. The lowest BCUT2D eigenvalue weighted by atomic mass is 9.71. The van der Waals surface area contributed by atoms with Gasteiger partial charge < -0.3 is 4.74 Å². The summed E-state index contributed by atoms with van der Waals surface area (Å²) >= 11 is 0. The van der Waals surface area contributed by atoms with Crippen LogP contribution in [-0.2, 0) is 0 Å². The smallest absolute Gasteiger partial charge is 0.317 e. The zero-order valence-electron chi connectivity index (χ0n) is 11.2. The maximum absolute atomic E-state index is 8.80. The van der Waals surface area contributed by atoms with Gasteiger partial charge in [-0.15, -0.1) is 0 Å². The Balaban J connectivity index is 2.07. The molecule has 0 spiro atoms. The maximum Gasteiger partial charge on any atom is 0.317 e. The normalized spacial score (nSPS) is 26.3. The molecular formula is C14H19N3O. The second-order valence-electron chi connectivity index (χ2n) is 5.99. The van der Waals surface area contributed by atoms with Crippen LogP contribution in [0.15, 0.2) is 12.3 Å². The molecule has 0 amide bonds. The lowest BCUT2D eigenvalue weighted by Gasteiger charge is -2.38. The summed E-state index contributed by atoms with van der Waals surface area (Å²) in [7, 11) is 0. The molecule has 1 aliphatic carbocycles. The number of rotatable bonds is 2. The van der Waals surface area contributed by atoms with Gasteiger partial charge in [-0.25, -0.2) is 4.98 Å². The van der Waals surface area contributed by atoms with Gasteiger partial charge in [-0.1, -0.05) is 20.8 Å². The summed E-state index contributed by atoms with van der Waals surface area (Å²) in [6.07, 6.45) is 4.99.